The second kappa shape index (κ2) is 10.5. The topological polar surface area (TPSA) is 76.1 Å². The van der Waals surface area contributed by atoms with E-state index in [1.807, 2.05) is 56.4 Å². The molecule has 1 aromatic carbocycles. The van der Waals surface area contributed by atoms with Gasteiger partial charge >= 0.3 is 0 Å². The largest absolute Gasteiger partial charge is 0.438 e. The maximum atomic E-state index is 13.0. The van der Waals surface area contributed by atoms with E-state index in [9.17, 15) is 4.79 Å². The van der Waals surface area contributed by atoms with Crippen LogP contribution in [0.1, 0.15) is 54.9 Å². The molecular weight excluding hydrogens is 412 g/mol. The summed E-state index contributed by atoms with van der Waals surface area (Å²) in [6, 6.07) is 13.5. The van der Waals surface area contributed by atoms with Gasteiger partial charge in [-0.1, -0.05) is 25.3 Å². The number of nitrogens with one attached hydrogen (secondary N) is 2. The van der Waals surface area contributed by atoms with Gasteiger partial charge in [0.15, 0.2) is 0 Å². The molecule has 0 saturated heterocycles. The first-order valence-electron chi connectivity index (χ1n) is 11.7. The summed E-state index contributed by atoms with van der Waals surface area (Å²) in [5.74, 6) is 2.37. The van der Waals surface area contributed by atoms with Crippen LogP contribution in [0.25, 0.3) is 11.1 Å². The van der Waals surface area contributed by atoms with E-state index in [0.29, 0.717) is 23.1 Å². The minimum absolute atomic E-state index is 0.0630. The monoisotopic (exact) mass is 444 g/mol. The molecule has 4 rings (SSSR count). The molecule has 1 aliphatic carbocycles. The van der Waals surface area contributed by atoms with Gasteiger partial charge in [-0.05, 0) is 80.1 Å². The molecule has 33 heavy (non-hydrogen) atoms. The van der Waals surface area contributed by atoms with Crippen molar-refractivity contribution in [1.29, 1.82) is 0 Å². The Morgan fingerprint density at radius 3 is 2.67 bits per heavy atom. The number of anilines is 1. The molecule has 2 aromatic heterocycles. The molecule has 0 aliphatic heterocycles. The second-order valence-electron chi connectivity index (χ2n) is 8.78. The maximum absolute atomic E-state index is 13.0. The first-order valence-corrected chi connectivity index (χ1v) is 11.7. The van der Waals surface area contributed by atoms with Crippen LogP contribution < -0.4 is 15.4 Å². The molecule has 2 heterocycles. The Morgan fingerprint density at radius 2 is 1.88 bits per heavy atom. The zero-order valence-corrected chi connectivity index (χ0v) is 19.6. The summed E-state index contributed by atoms with van der Waals surface area (Å²) in [5, 5.41) is 6.26. The number of aryl methyl sites for hydroxylation is 1. The van der Waals surface area contributed by atoms with Crippen LogP contribution in [0.4, 0.5) is 5.82 Å². The molecule has 1 saturated carbocycles. The van der Waals surface area contributed by atoms with Gasteiger partial charge < -0.3 is 15.4 Å². The van der Waals surface area contributed by atoms with E-state index in [0.717, 1.165) is 22.5 Å². The van der Waals surface area contributed by atoms with Crippen molar-refractivity contribution in [1.82, 2.24) is 15.3 Å². The number of carbonyl (C=O) groups excluding carboxylic acids is 1. The van der Waals surface area contributed by atoms with Gasteiger partial charge in [0.25, 0.3) is 5.91 Å². The average molecular weight is 445 g/mol. The average Bonchev–Trinajstić information content (AvgIpc) is 2.86. The number of ether oxygens (including phenoxy) is 1. The van der Waals surface area contributed by atoms with Crippen LogP contribution in [0, 0.1) is 12.8 Å². The third-order valence-electron chi connectivity index (χ3n) is 6.47. The molecule has 2 N–H and O–H groups in total. The Kier molecular flexibility index (Phi) is 7.23. The highest BCUT2D eigenvalue weighted by Crippen LogP contribution is 2.34. The zero-order chi connectivity index (χ0) is 23.2. The molecule has 172 valence electrons. The standard InChI is InChI=1S/C27H32N4O2/c1-18-11-12-22(26(32)31-19(2)20-8-5-4-6-9-20)16-24(18)33-27-23(10-7-14-30-27)21-13-15-29-25(17-21)28-3/h7,10-17,19-20H,4-6,8-9H2,1-3H3,(H,28,29)(H,31,32)/t19-/m0/s1. The molecule has 1 aliphatic rings. The molecule has 6 nitrogen and oxygen atoms in total. The molecule has 1 fully saturated rings. The number of amides is 1. The molecule has 6 heteroatoms. The van der Waals surface area contributed by atoms with Gasteiger partial charge in [0.1, 0.15) is 11.6 Å². The smallest absolute Gasteiger partial charge is 0.251 e. The Bertz CT molecular complexity index is 1110. The summed E-state index contributed by atoms with van der Waals surface area (Å²) < 4.78 is 6.25. The van der Waals surface area contributed by atoms with Crippen molar-refractivity contribution in [3.63, 3.8) is 0 Å². The lowest BCUT2D eigenvalue weighted by molar-refractivity contribution is 0.0919. The highest BCUT2D eigenvalue weighted by Gasteiger charge is 2.22. The fourth-order valence-electron chi connectivity index (χ4n) is 4.42. The van der Waals surface area contributed by atoms with Crippen LogP contribution in [-0.4, -0.2) is 29.0 Å². The highest BCUT2D eigenvalue weighted by atomic mass is 16.5. The Hall–Kier alpha value is -3.41. The molecule has 0 bridgehead atoms. The quantitative estimate of drug-likeness (QED) is 0.468. The Balaban J connectivity index is 1.55. The van der Waals surface area contributed by atoms with Gasteiger partial charge in [-0.25, -0.2) is 9.97 Å². The SMILES string of the molecule is CNc1cc(-c2cccnc2Oc2cc(C(=O)N[C@@H](C)C3CCCCC3)ccc2C)ccn1. The van der Waals surface area contributed by atoms with Gasteiger partial charge in [-0.2, -0.15) is 0 Å². The molecule has 0 spiro atoms. The molecule has 1 atom stereocenters. The number of hydrogen-bond donors (Lipinski definition) is 2. The summed E-state index contributed by atoms with van der Waals surface area (Å²) in [7, 11) is 1.84. The predicted octanol–water partition coefficient (Wildman–Crippen LogP) is 5.98. The zero-order valence-electron chi connectivity index (χ0n) is 19.6. The fraction of sp³-hybridized carbons (Fsp3) is 0.370. The fourth-order valence-corrected chi connectivity index (χ4v) is 4.42. The van der Waals surface area contributed by atoms with E-state index in [4.69, 9.17) is 4.74 Å². The summed E-state index contributed by atoms with van der Waals surface area (Å²) in [6.45, 7) is 4.09. The number of benzene rings is 1. The minimum Gasteiger partial charge on any atom is -0.438 e. The van der Waals surface area contributed by atoms with E-state index in [-0.39, 0.29) is 11.9 Å². The van der Waals surface area contributed by atoms with E-state index in [1.54, 1.807) is 12.4 Å². The van der Waals surface area contributed by atoms with Crippen molar-refractivity contribution < 1.29 is 9.53 Å². The van der Waals surface area contributed by atoms with Crippen molar-refractivity contribution in [2.24, 2.45) is 5.92 Å². The number of rotatable bonds is 7. The third-order valence-corrected chi connectivity index (χ3v) is 6.47. The summed E-state index contributed by atoms with van der Waals surface area (Å²) in [4.78, 5) is 21.7. The van der Waals surface area contributed by atoms with Crippen LogP contribution in [0.2, 0.25) is 0 Å². The number of pyridine rings is 2. The Morgan fingerprint density at radius 1 is 1.06 bits per heavy atom. The maximum Gasteiger partial charge on any atom is 0.251 e. The van der Waals surface area contributed by atoms with E-state index in [2.05, 4.69) is 27.5 Å². The third kappa shape index (κ3) is 5.51. The first-order chi connectivity index (χ1) is 16.0. The van der Waals surface area contributed by atoms with Crippen molar-refractivity contribution in [2.45, 2.75) is 52.0 Å². The molecule has 0 radical (unpaired) electrons. The van der Waals surface area contributed by atoms with E-state index >= 15 is 0 Å². The predicted molar refractivity (Wildman–Crippen MR) is 132 cm³/mol. The number of aromatic nitrogens is 2. The lowest BCUT2D eigenvalue weighted by atomic mass is 9.84. The molecule has 0 unspecified atom stereocenters. The van der Waals surface area contributed by atoms with Gasteiger partial charge in [0.05, 0.1) is 0 Å². The van der Waals surface area contributed by atoms with Crippen LogP contribution in [0.15, 0.2) is 54.9 Å². The van der Waals surface area contributed by atoms with E-state index < -0.39 is 0 Å². The van der Waals surface area contributed by atoms with Crippen molar-refractivity contribution in [2.75, 3.05) is 12.4 Å². The van der Waals surface area contributed by atoms with Gasteiger partial charge in [-0.15, -0.1) is 0 Å². The van der Waals surface area contributed by atoms with Crippen molar-refractivity contribution >= 4 is 11.7 Å². The van der Waals surface area contributed by atoms with Crippen molar-refractivity contribution in [3.05, 3.63) is 66.0 Å². The van der Waals surface area contributed by atoms with Gasteiger partial charge in [0.2, 0.25) is 5.88 Å². The van der Waals surface area contributed by atoms with Crippen LogP contribution >= 0.6 is 0 Å². The normalized spacial score (nSPS) is 15.0. The van der Waals surface area contributed by atoms with Crippen LogP contribution in [0.3, 0.4) is 0 Å². The van der Waals surface area contributed by atoms with Gasteiger partial charge in [0, 0.05) is 36.6 Å². The molecule has 1 amide bonds. The highest BCUT2D eigenvalue weighted by molar-refractivity contribution is 5.95. The number of hydrogen-bond acceptors (Lipinski definition) is 5. The lowest BCUT2D eigenvalue weighted by Gasteiger charge is -2.28. The van der Waals surface area contributed by atoms with E-state index in [1.165, 1.54) is 32.1 Å². The van der Waals surface area contributed by atoms with Crippen molar-refractivity contribution in [3.8, 4) is 22.8 Å². The number of nitrogens with zero attached hydrogens (tertiary/aromatic N) is 2. The Labute approximate surface area is 195 Å². The summed E-state index contributed by atoms with van der Waals surface area (Å²) >= 11 is 0. The minimum atomic E-state index is -0.0630. The van der Waals surface area contributed by atoms with Crippen LogP contribution in [0.5, 0.6) is 11.6 Å². The summed E-state index contributed by atoms with van der Waals surface area (Å²) in [5.41, 5.74) is 3.34. The first kappa shape index (κ1) is 22.8. The number of carbonyl (C=O) groups is 1. The summed E-state index contributed by atoms with van der Waals surface area (Å²) in [6.07, 6.45) is 9.66. The van der Waals surface area contributed by atoms with Crippen LogP contribution in [-0.2, 0) is 0 Å². The second-order valence-corrected chi connectivity index (χ2v) is 8.78. The van der Waals surface area contributed by atoms with Gasteiger partial charge in [-0.3, -0.25) is 4.79 Å². The lowest BCUT2D eigenvalue weighted by Crippen LogP contribution is -2.38. The molecular formula is C27H32N4O2. The molecule has 3 aromatic rings.